The number of pyridine rings is 1. The molecule has 1 N–H and O–H groups in total. The highest BCUT2D eigenvalue weighted by Gasteiger charge is 2.29. The number of ether oxygens (including phenoxy) is 1. The molecule has 1 unspecified atom stereocenters. The topological polar surface area (TPSA) is 106 Å². The van der Waals surface area contributed by atoms with Crippen molar-refractivity contribution in [1.82, 2.24) is 4.98 Å². The maximum atomic E-state index is 11.1. The lowest BCUT2D eigenvalue weighted by atomic mass is 10.2. The van der Waals surface area contributed by atoms with E-state index in [2.05, 4.69) is 20.9 Å². The fourth-order valence-electron chi connectivity index (χ4n) is 2.11. The molecule has 1 aromatic rings. The van der Waals surface area contributed by atoms with Crippen LogP contribution < -0.4 is 4.90 Å². The zero-order valence-electron chi connectivity index (χ0n) is 10.4. The van der Waals surface area contributed by atoms with Gasteiger partial charge < -0.3 is 14.7 Å². The van der Waals surface area contributed by atoms with Crippen LogP contribution in [0.3, 0.4) is 0 Å². The average molecular weight is 346 g/mol. The van der Waals surface area contributed by atoms with Crippen LogP contribution in [-0.2, 0) is 9.53 Å². The smallest absolute Gasteiger partial charge is 0.311 e. The van der Waals surface area contributed by atoms with Crippen LogP contribution in [-0.4, -0.2) is 46.8 Å². The molecule has 0 radical (unpaired) electrons. The quantitative estimate of drug-likeness (QED) is 0.649. The summed E-state index contributed by atoms with van der Waals surface area (Å²) in [6, 6.07) is 0. The molecule has 2 rings (SSSR count). The highest BCUT2D eigenvalue weighted by Crippen LogP contribution is 2.35. The second-order valence-electron chi connectivity index (χ2n) is 4.28. The van der Waals surface area contributed by atoms with Crippen LogP contribution in [0.25, 0.3) is 0 Å². The second kappa shape index (κ2) is 6.14. The normalized spacial score (nSPS) is 18.9. The van der Waals surface area contributed by atoms with Gasteiger partial charge in [0.25, 0.3) is 0 Å². The van der Waals surface area contributed by atoms with E-state index < -0.39 is 17.0 Å². The molecule has 8 nitrogen and oxygen atoms in total. The summed E-state index contributed by atoms with van der Waals surface area (Å²) >= 11 is 3.26. The van der Waals surface area contributed by atoms with Gasteiger partial charge in [0.05, 0.1) is 28.5 Å². The number of halogens is 1. The van der Waals surface area contributed by atoms with Crippen molar-refractivity contribution in [2.45, 2.75) is 12.5 Å². The number of rotatable bonds is 4. The number of hydrogen-bond acceptors (Lipinski definition) is 6. The minimum absolute atomic E-state index is 0.115. The van der Waals surface area contributed by atoms with E-state index in [1.807, 2.05) is 0 Å². The van der Waals surface area contributed by atoms with E-state index in [4.69, 9.17) is 9.84 Å². The van der Waals surface area contributed by atoms with Crippen molar-refractivity contribution in [2.24, 2.45) is 0 Å². The molecule has 0 spiro atoms. The van der Waals surface area contributed by atoms with Gasteiger partial charge in [-0.05, 0) is 15.9 Å². The van der Waals surface area contributed by atoms with Crippen LogP contribution in [0.4, 0.5) is 11.4 Å². The Labute approximate surface area is 122 Å². The van der Waals surface area contributed by atoms with E-state index >= 15 is 0 Å². The number of carboxylic acids is 1. The highest BCUT2D eigenvalue weighted by molar-refractivity contribution is 9.10. The Kier molecular flexibility index (Phi) is 4.50. The van der Waals surface area contributed by atoms with Gasteiger partial charge >= 0.3 is 11.7 Å². The van der Waals surface area contributed by atoms with Gasteiger partial charge in [0.2, 0.25) is 0 Å². The summed E-state index contributed by atoms with van der Waals surface area (Å²) < 4.78 is 5.86. The molecule has 20 heavy (non-hydrogen) atoms. The predicted molar refractivity (Wildman–Crippen MR) is 72.8 cm³/mol. The third-order valence-corrected chi connectivity index (χ3v) is 3.49. The molecular weight excluding hydrogens is 334 g/mol. The van der Waals surface area contributed by atoms with Crippen molar-refractivity contribution in [1.29, 1.82) is 0 Å². The van der Waals surface area contributed by atoms with E-state index in [0.717, 1.165) is 0 Å². The van der Waals surface area contributed by atoms with Gasteiger partial charge in [0.1, 0.15) is 11.9 Å². The number of aliphatic carboxylic acids is 1. The van der Waals surface area contributed by atoms with Crippen molar-refractivity contribution < 1.29 is 19.6 Å². The van der Waals surface area contributed by atoms with Crippen molar-refractivity contribution >= 4 is 33.3 Å². The Morgan fingerprint density at radius 1 is 1.65 bits per heavy atom. The number of hydrogen-bond donors (Lipinski definition) is 1. The van der Waals surface area contributed by atoms with Crippen molar-refractivity contribution in [3.8, 4) is 0 Å². The Morgan fingerprint density at radius 2 is 2.40 bits per heavy atom. The largest absolute Gasteiger partial charge is 0.481 e. The van der Waals surface area contributed by atoms with Crippen LogP contribution in [0.15, 0.2) is 16.9 Å². The molecule has 1 aliphatic rings. The van der Waals surface area contributed by atoms with Crippen molar-refractivity contribution in [3.05, 3.63) is 27.0 Å². The maximum Gasteiger partial charge on any atom is 0.311 e. The molecule has 1 fully saturated rings. The molecule has 2 heterocycles. The monoisotopic (exact) mass is 345 g/mol. The molecule has 0 bridgehead atoms. The lowest BCUT2D eigenvalue weighted by molar-refractivity contribution is -0.384. The molecule has 1 aromatic heterocycles. The number of carbonyl (C=O) groups is 1. The first-order valence-electron chi connectivity index (χ1n) is 5.85. The standard InChI is InChI=1S/C11H12BrN3O5/c12-8-4-13-5-9(15(18)19)11(8)14-1-2-20-7(6-14)3-10(16)17/h4-5,7H,1-3,6H2,(H,16,17). The first-order chi connectivity index (χ1) is 9.49. The highest BCUT2D eigenvalue weighted by atomic mass is 79.9. The zero-order chi connectivity index (χ0) is 14.7. The molecule has 9 heteroatoms. The Bertz CT molecular complexity index is 539. The molecule has 0 saturated carbocycles. The summed E-state index contributed by atoms with van der Waals surface area (Å²) in [4.78, 5) is 26.8. The fourth-order valence-corrected chi connectivity index (χ4v) is 2.68. The summed E-state index contributed by atoms with van der Waals surface area (Å²) in [5.41, 5.74) is 0.291. The SMILES string of the molecule is O=C(O)CC1CN(c2c(Br)cncc2[N+](=O)[O-])CCO1. The summed E-state index contributed by atoms with van der Waals surface area (Å²) in [7, 11) is 0. The number of morpholine rings is 1. The first kappa shape index (κ1) is 14.7. The Morgan fingerprint density at radius 3 is 3.05 bits per heavy atom. The lowest BCUT2D eigenvalue weighted by Gasteiger charge is -2.33. The molecule has 0 amide bonds. The third-order valence-electron chi connectivity index (χ3n) is 2.91. The van der Waals surface area contributed by atoms with Crippen LogP contribution in [0, 0.1) is 10.1 Å². The van der Waals surface area contributed by atoms with Crippen LogP contribution in [0.5, 0.6) is 0 Å². The Balaban J connectivity index is 2.27. The third kappa shape index (κ3) is 3.23. The van der Waals surface area contributed by atoms with Gasteiger partial charge in [-0.3, -0.25) is 19.9 Å². The van der Waals surface area contributed by atoms with E-state index in [9.17, 15) is 14.9 Å². The predicted octanol–water partition coefficient (Wildman–Crippen LogP) is 1.43. The summed E-state index contributed by atoms with van der Waals surface area (Å²) in [5, 5.41) is 19.9. The van der Waals surface area contributed by atoms with E-state index in [-0.39, 0.29) is 18.7 Å². The molecule has 0 aromatic carbocycles. The first-order valence-corrected chi connectivity index (χ1v) is 6.64. The molecule has 1 saturated heterocycles. The van der Waals surface area contributed by atoms with Gasteiger partial charge in [-0.15, -0.1) is 0 Å². The molecular formula is C11H12BrN3O5. The van der Waals surface area contributed by atoms with Gasteiger partial charge in [-0.25, -0.2) is 0 Å². The fraction of sp³-hybridized carbons (Fsp3) is 0.455. The minimum atomic E-state index is -0.958. The van der Waals surface area contributed by atoms with Crippen LogP contribution in [0.2, 0.25) is 0 Å². The minimum Gasteiger partial charge on any atom is -0.481 e. The number of anilines is 1. The number of carboxylic acid groups (broad SMARTS) is 1. The van der Waals surface area contributed by atoms with Gasteiger partial charge in [-0.1, -0.05) is 0 Å². The molecule has 1 aliphatic heterocycles. The summed E-state index contributed by atoms with van der Waals surface area (Å²) in [6.45, 7) is 1.07. The van der Waals surface area contributed by atoms with Gasteiger partial charge in [0.15, 0.2) is 0 Å². The van der Waals surface area contributed by atoms with Crippen LogP contribution in [0.1, 0.15) is 6.42 Å². The summed E-state index contributed by atoms with van der Waals surface area (Å²) in [6.07, 6.45) is 2.04. The molecule has 1 atom stereocenters. The summed E-state index contributed by atoms with van der Waals surface area (Å²) in [5.74, 6) is -0.958. The molecule has 0 aliphatic carbocycles. The number of aromatic nitrogens is 1. The van der Waals surface area contributed by atoms with Crippen LogP contribution >= 0.6 is 15.9 Å². The van der Waals surface area contributed by atoms with Crippen molar-refractivity contribution in [2.75, 3.05) is 24.6 Å². The number of nitrogens with zero attached hydrogens (tertiary/aromatic N) is 3. The average Bonchev–Trinajstić information content (AvgIpc) is 2.37. The van der Waals surface area contributed by atoms with Crippen molar-refractivity contribution in [3.63, 3.8) is 0 Å². The number of nitro groups is 1. The van der Waals surface area contributed by atoms with E-state index in [1.54, 1.807) is 4.90 Å². The van der Waals surface area contributed by atoms with E-state index in [0.29, 0.717) is 23.3 Å². The maximum absolute atomic E-state index is 11.1. The van der Waals surface area contributed by atoms with Gasteiger partial charge in [-0.2, -0.15) is 0 Å². The molecule has 108 valence electrons. The zero-order valence-corrected chi connectivity index (χ0v) is 11.9. The lowest BCUT2D eigenvalue weighted by Crippen LogP contribution is -2.43. The van der Waals surface area contributed by atoms with Gasteiger partial charge in [0, 0.05) is 19.3 Å². The van der Waals surface area contributed by atoms with E-state index in [1.165, 1.54) is 12.4 Å². The second-order valence-corrected chi connectivity index (χ2v) is 5.14. The Hall–Kier alpha value is -1.74.